The number of amides is 1. The third-order valence-corrected chi connectivity index (χ3v) is 2.79. The summed E-state index contributed by atoms with van der Waals surface area (Å²) in [7, 11) is 0. The number of aryl methyl sites for hydroxylation is 1. The molecule has 0 saturated carbocycles. The van der Waals surface area contributed by atoms with Gasteiger partial charge in [-0.2, -0.15) is 0 Å². The number of nitrogens with zero attached hydrogens (tertiary/aromatic N) is 2. The molecule has 0 aliphatic rings. The van der Waals surface area contributed by atoms with Crippen LogP contribution in [0, 0.1) is 12.7 Å². The van der Waals surface area contributed by atoms with Gasteiger partial charge in [0, 0.05) is 17.5 Å². The predicted octanol–water partition coefficient (Wildman–Crippen LogP) is 1.88. The fourth-order valence-corrected chi connectivity index (χ4v) is 1.63. The summed E-state index contributed by atoms with van der Waals surface area (Å²) in [4.78, 5) is 15.9. The highest BCUT2D eigenvalue weighted by atomic mass is 19.1. The van der Waals surface area contributed by atoms with Gasteiger partial charge in [0.15, 0.2) is 5.84 Å². The molecule has 0 radical (unpaired) electrons. The Morgan fingerprint density at radius 1 is 1.33 bits per heavy atom. The fraction of sp³-hybridized carbons (Fsp3) is 0.0714. The number of oxime groups is 1. The topological polar surface area (TPSA) is 101 Å². The molecule has 108 valence electrons. The molecule has 1 heterocycles. The van der Waals surface area contributed by atoms with Crippen LogP contribution >= 0.6 is 0 Å². The van der Waals surface area contributed by atoms with Crippen molar-refractivity contribution >= 4 is 17.4 Å². The number of hydrogen-bond acceptors (Lipinski definition) is 4. The smallest absolute Gasteiger partial charge is 0.257 e. The van der Waals surface area contributed by atoms with Crippen molar-refractivity contribution < 1.29 is 14.4 Å². The SMILES string of the molecule is Cc1ccc(C(=O)Nc2ccc(/C(N)=N/O)cc2F)cn1. The van der Waals surface area contributed by atoms with Crippen LogP contribution in [-0.2, 0) is 0 Å². The molecule has 1 amide bonds. The van der Waals surface area contributed by atoms with Crippen LogP contribution in [0.4, 0.5) is 10.1 Å². The van der Waals surface area contributed by atoms with Crippen molar-refractivity contribution in [2.24, 2.45) is 10.9 Å². The van der Waals surface area contributed by atoms with E-state index in [-0.39, 0.29) is 17.1 Å². The van der Waals surface area contributed by atoms with Crippen molar-refractivity contribution in [3.8, 4) is 0 Å². The first-order valence-electron chi connectivity index (χ1n) is 6.02. The van der Waals surface area contributed by atoms with E-state index in [1.807, 2.05) is 0 Å². The largest absolute Gasteiger partial charge is 0.409 e. The number of aromatic nitrogens is 1. The molecule has 0 bridgehead atoms. The van der Waals surface area contributed by atoms with Gasteiger partial charge in [0.2, 0.25) is 0 Å². The summed E-state index contributed by atoms with van der Waals surface area (Å²) >= 11 is 0. The highest BCUT2D eigenvalue weighted by Crippen LogP contribution is 2.17. The van der Waals surface area contributed by atoms with E-state index in [1.165, 1.54) is 18.3 Å². The summed E-state index contributed by atoms with van der Waals surface area (Å²) in [5.41, 5.74) is 6.66. The molecule has 4 N–H and O–H groups in total. The van der Waals surface area contributed by atoms with Gasteiger partial charge in [0.05, 0.1) is 11.3 Å². The van der Waals surface area contributed by atoms with E-state index in [2.05, 4.69) is 15.5 Å². The number of anilines is 1. The van der Waals surface area contributed by atoms with Gasteiger partial charge in [-0.05, 0) is 37.3 Å². The highest BCUT2D eigenvalue weighted by Gasteiger charge is 2.11. The average Bonchev–Trinajstić information content (AvgIpc) is 2.49. The minimum atomic E-state index is -0.687. The highest BCUT2D eigenvalue weighted by molar-refractivity contribution is 6.04. The van der Waals surface area contributed by atoms with E-state index in [0.717, 1.165) is 11.8 Å². The van der Waals surface area contributed by atoms with E-state index in [0.29, 0.717) is 5.56 Å². The number of hydrogen-bond donors (Lipinski definition) is 3. The maximum atomic E-state index is 13.9. The lowest BCUT2D eigenvalue weighted by Crippen LogP contribution is -2.16. The van der Waals surface area contributed by atoms with Crippen molar-refractivity contribution in [1.29, 1.82) is 0 Å². The summed E-state index contributed by atoms with van der Waals surface area (Å²) in [6.07, 6.45) is 1.41. The van der Waals surface area contributed by atoms with E-state index < -0.39 is 11.7 Å². The van der Waals surface area contributed by atoms with E-state index in [4.69, 9.17) is 10.9 Å². The van der Waals surface area contributed by atoms with Gasteiger partial charge in [0.1, 0.15) is 5.82 Å². The van der Waals surface area contributed by atoms with Gasteiger partial charge < -0.3 is 16.3 Å². The Balaban J connectivity index is 2.20. The lowest BCUT2D eigenvalue weighted by atomic mass is 10.1. The van der Waals surface area contributed by atoms with Crippen LogP contribution in [0.1, 0.15) is 21.6 Å². The number of halogens is 1. The molecule has 2 rings (SSSR count). The molecule has 1 aromatic carbocycles. The summed E-state index contributed by atoms with van der Waals surface area (Å²) in [5, 5.41) is 13.7. The van der Waals surface area contributed by atoms with E-state index in [1.54, 1.807) is 19.1 Å². The number of rotatable bonds is 3. The number of amidine groups is 1. The number of nitrogens with one attached hydrogen (secondary N) is 1. The molecule has 21 heavy (non-hydrogen) atoms. The van der Waals surface area contributed by atoms with Gasteiger partial charge in [-0.25, -0.2) is 4.39 Å². The van der Waals surface area contributed by atoms with Crippen LogP contribution in [0.2, 0.25) is 0 Å². The number of carbonyl (C=O) groups excluding carboxylic acids is 1. The first-order valence-corrected chi connectivity index (χ1v) is 6.02. The molecule has 0 unspecified atom stereocenters. The first-order chi connectivity index (χ1) is 10.0. The summed E-state index contributed by atoms with van der Waals surface area (Å²) < 4.78 is 13.9. The van der Waals surface area contributed by atoms with Crippen molar-refractivity contribution in [3.05, 3.63) is 59.2 Å². The minimum absolute atomic E-state index is 0.00457. The third-order valence-electron chi connectivity index (χ3n) is 2.79. The summed E-state index contributed by atoms with van der Waals surface area (Å²) in [6, 6.07) is 7.12. The van der Waals surface area contributed by atoms with Crippen LogP contribution in [-0.4, -0.2) is 21.9 Å². The molecule has 1 aromatic heterocycles. The zero-order chi connectivity index (χ0) is 15.4. The number of nitrogens with two attached hydrogens (primary N) is 1. The van der Waals surface area contributed by atoms with E-state index in [9.17, 15) is 9.18 Å². The van der Waals surface area contributed by atoms with Gasteiger partial charge in [-0.3, -0.25) is 9.78 Å². The Morgan fingerprint density at radius 3 is 2.62 bits per heavy atom. The molecule has 0 spiro atoms. The van der Waals surface area contributed by atoms with Gasteiger partial charge in [-0.1, -0.05) is 5.16 Å². The Labute approximate surface area is 120 Å². The van der Waals surface area contributed by atoms with Crippen molar-refractivity contribution in [2.45, 2.75) is 6.92 Å². The molecule has 0 saturated heterocycles. The Morgan fingerprint density at radius 2 is 2.05 bits per heavy atom. The second-order valence-electron chi connectivity index (χ2n) is 4.32. The van der Waals surface area contributed by atoms with Gasteiger partial charge >= 0.3 is 0 Å². The average molecular weight is 288 g/mol. The van der Waals surface area contributed by atoms with Crippen molar-refractivity contribution in [1.82, 2.24) is 4.98 Å². The molecular formula is C14H13FN4O2. The number of benzene rings is 1. The van der Waals surface area contributed by atoms with Crippen molar-refractivity contribution in [3.63, 3.8) is 0 Å². The minimum Gasteiger partial charge on any atom is -0.409 e. The lowest BCUT2D eigenvalue weighted by Gasteiger charge is -2.08. The third kappa shape index (κ3) is 3.33. The van der Waals surface area contributed by atoms with Crippen LogP contribution in [0.25, 0.3) is 0 Å². The standard InChI is InChI=1S/C14H13FN4O2/c1-8-2-3-10(7-17-8)14(20)18-12-5-4-9(6-11(12)15)13(16)19-21/h2-7,21H,1H3,(H2,16,19)(H,18,20). The quantitative estimate of drug-likeness (QED) is 0.347. The van der Waals surface area contributed by atoms with E-state index >= 15 is 0 Å². The van der Waals surface area contributed by atoms with Crippen LogP contribution in [0.3, 0.4) is 0 Å². The molecule has 7 heteroatoms. The van der Waals surface area contributed by atoms with Crippen molar-refractivity contribution in [2.75, 3.05) is 5.32 Å². The maximum Gasteiger partial charge on any atom is 0.257 e. The maximum absolute atomic E-state index is 13.9. The zero-order valence-electron chi connectivity index (χ0n) is 11.2. The normalized spacial score (nSPS) is 11.2. The number of pyridine rings is 1. The number of carbonyl (C=O) groups is 1. The first kappa shape index (κ1) is 14.4. The second-order valence-corrected chi connectivity index (χ2v) is 4.32. The van der Waals surface area contributed by atoms with Crippen LogP contribution in [0.5, 0.6) is 0 Å². The molecular weight excluding hydrogens is 275 g/mol. The fourth-order valence-electron chi connectivity index (χ4n) is 1.63. The summed E-state index contributed by atoms with van der Waals surface area (Å²) in [5.74, 6) is -1.38. The molecule has 2 aromatic rings. The van der Waals surface area contributed by atoms with Crippen LogP contribution < -0.4 is 11.1 Å². The lowest BCUT2D eigenvalue weighted by molar-refractivity contribution is 0.102. The Kier molecular flexibility index (Phi) is 4.13. The molecule has 0 aliphatic heterocycles. The molecule has 0 atom stereocenters. The van der Waals surface area contributed by atoms with Gasteiger partial charge in [-0.15, -0.1) is 0 Å². The summed E-state index contributed by atoms with van der Waals surface area (Å²) in [6.45, 7) is 1.80. The molecule has 0 fully saturated rings. The van der Waals surface area contributed by atoms with Crippen LogP contribution in [0.15, 0.2) is 41.7 Å². The molecule has 0 aliphatic carbocycles. The predicted molar refractivity (Wildman–Crippen MR) is 75.8 cm³/mol. The zero-order valence-corrected chi connectivity index (χ0v) is 11.2. The van der Waals surface area contributed by atoms with Gasteiger partial charge in [0.25, 0.3) is 5.91 Å². The second kappa shape index (κ2) is 6.00. The molecule has 6 nitrogen and oxygen atoms in total. The Bertz CT molecular complexity index is 699. The monoisotopic (exact) mass is 288 g/mol. The Hall–Kier alpha value is -2.96.